The number of nitrogens with zero attached hydrogens (tertiary/aromatic N) is 2. The molecule has 0 bridgehead atoms. The van der Waals surface area contributed by atoms with E-state index in [1.807, 2.05) is 34.2 Å². The summed E-state index contributed by atoms with van der Waals surface area (Å²) in [5.74, 6) is -0.401. The van der Waals surface area contributed by atoms with Crippen LogP contribution in [0.25, 0.3) is 27.2 Å². The molecular weight excluding hydrogens is 346 g/mol. The van der Waals surface area contributed by atoms with Crippen molar-refractivity contribution in [1.82, 2.24) is 4.57 Å². The molecule has 2 heterocycles. The lowest BCUT2D eigenvalue weighted by Crippen LogP contribution is -2.12. The minimum absolute atomic E-state index is 0.149. The fourth-order valence-electron chi connectivity index (χ4n) is 3.15. The molecule has 0 fully saturated rings. The number of phenols is 1. The number of aromatic hydroxyl groups is 1. The van der Waals surface area contributed by atoms with Gasteiger partial charge in [-0.15, -0.1) is 11.3 Å². The van der Waals surface area contributed by atoms with E-state index in [9.17, 15) is 15.2 Å². The molecule has 2 aromatic heterocycles. The molecule has 4 rings (SSSR count). The summed E-state index contributed by atoms with van der Waals surface area (Å²) in [7, 11) is 0. The molecule has 2 aromatic carbocycles. The van der Waals surface area contributed by atoms with Crippen molar-refractivity contribution in [3.63, 3.8) is 0 Å². The van der Waals surface area contributed by atoms with Crippen LogP contribution < -0.4 is 5.73 Å². The van der Waals surface area contributed by atoms with Gasteiger partial charge in [0.05, 0.1) is 27.2 Å². The molecule has 0 atom stereocenters. The number of primary amides is 1. The first-order chi connectivity index (χ1) is 12.6. The zero-order chi connectivity index (χ0) is 18.3. The number of amides is 1. The van der Waals surface area contributed by atoms with Gasteiger partial charge in [-0.1, -0.05) is 18.2 Å². The number of hydrogen-bond acceptors (Lipinski definition) is 4. The largest absolute Gasteiger partial charge is 0.508 e. The van der Waals surface area contributed by atoms with Gasteiger partial charge >= 0.3 is 0 Å². The molecule has 4 aromatic rings. The van der Waals surface area contributed by atoms with Gasteiger partial charge < -0.3 is 15.4 Å². The van der Waals surface area contributed by atoms with Crippen LogP contribution >= 0.6 is 11.3 Å². The van der Waals surface area contributed by atoms with E-state index in [0.717, 1.165) is 16.6 Å². The van der Waals surface area contributed by atoms with Crippen molar-refractivity contribution in [3.8, 4) is 28.1 Å². The SMILES string of the molecule is N#Cc1ccsc1-c1c(C(N)=O)c2ccccc2n1-c1ccc(O)cc1. The van der Waals surface area contributed by atoms with Crippen LogP contribution in [0.3, 0.4) is 0 Å². The van der Waals surface area contributed by atoms with Crippen molar-refractivity contribution in [3.05, 3.63) is 71.1 Å². The van der Waals surface area contributed by atoms with E-state index in [1.165, 1.54) is 11.3 Å². The molecule has 5 nitrogen and oxygen atoms in total. The van der Waals surface area contributed by atoms with E-state index in [4.69, 9.17) is 5.73 Å². The number of aromatic nitrogens is 1. The summed E-state index contributed by atoms with van der Waals surface area (Å²) in [6.07, 6.45) is 0. The quantitative estimate of drug-likeness (QED) is 0.578. The smallest absolute Gasteiger partial charge is 0.251 e. The molecule has 1 amide bonds. The first kappa shape index (κ1) is 15.9. The Labute approximate surface area is 153 Å². The predicted molar refractivity (Wildman–Crippen MR) is 101 cm³/mol. The van der Waals surface area contributed by atoms with E-state index >= 15 is 0 Å². The fraction of sp³-hybridized carbons (Fsp3) is 0. The van der Waals surface area contributed by atoms with Crippen LogP contribution in [0.2, 0.25) is 0 Å². The van der Waals surface area contributed by atoms with Gasteiger partial charge in [-0.3, -0.25) is 4.79 Å². The number of benzene rings is 2. The van der Waals surface area contributed by atoms with Crippen LogP contribution in [0.15, 0.2) is 60.0 Å². The molecule has 0 radical (unpaired) electrons. The van der Waals surface area contributed by atoms with Crippen LogP contribution in [-0.4, -0.2) is 15.6 Å². The van der Waals surface area contributed by atoms with E-state index < -0.39 is 5.91 Å². The van der Waals surface area contributed by atoms with E-state index in [2.05, 4.69) is 6.07 Å². The maximum Gasteiger partial charge on any atom is 0.251 e. The molecule has 126 valence electrons. The normalized spacial score (nSPS) is 10.7. The van der Waals surface area contributed by atoms with Gasteiger partial charge in [-0.05, 0) is 41.8 Å². The number of nitriles is 1. The third-order valence-electron chi connectivity index (χ3n) is 4.23. The lowest BCUT2D eigenvalue weighted by Gasteiger charge is -2.11. The van der Waals surface area contributed by atoms with E-state index in [1.54, 1.807) is 30.3 Å². The Morgan fingerprint density at radius 2 is 1.85 bits per heavy atom. The third kappa shape index (κ3) is 2.34. The molecule has 0 saturated heterocycles. The average Bonchev–Trinajstić information content (AvgIpc) is 3.24. The number of phenolic OH excluding ortho intramolecular Hbond substituents is 1. The van der Waals surface area contributed by atoms with Gasteiger partial charge in [-0.2, -0.15) is 5.26 Å². The topological polar surface area (TPSA) is 92.0 Å². The number of carbonyl (C=O) groups is 1. The van der Waals surface area contributed by atoms with Gasteiger partial charge in [0, 0.05) is 11.1 Å². The summed E-state index contributed by atoms with van der Waals surface area (Å²) < 4.78 is 1.90. The van der Waals surface area contributed by atoms with Crippen molar-refractivity contribution in [1.29, 1.82) is 5.26 Å². The highest BCUT2D eigenvalue weighted by atomic mass is 32.1. The molecule has 6 heteroatoms. The van der Waals surface area contributed by atoms with Crippen molar-refractivity contribution < 1.29 is 9.90 Å². The van der Waals surface area contributed by atoms with E-state index in [0.29, 0.717) is 21.7 Å². The van der Waals surface area contributed by atoms with Crippen molar-refractivity contribution >= 4 is 28.1 Å². The Kier molecular flexibility index (Phi) is 3.72. The Balaban J connectivity index is 2.19. The molecule has 0 unspecified atom stereocenters. The molecule has 0 aliphatic rings. The standard InChI is InChI=1S/C20H13N3O2S/c21-11-12-9-10-26-19(12)18-17(20(22)25)15-3-1-2-4-16(15)23(18)13-5-7-14(24)8-6-13/h1-10,24H,(H2,22,25). The van der Waals surface area contributed by atoms with Gasteiger partial charge in [0.2, 0.25) is 0 Å². The van der Waals surface area contributed by atoms with Crippen molar-refractivity contribution in [2.75, 3.05) is 0 Å². The second kappa shape index (κ2) is 6.06. The van der Waals surface area contributed by atoms with Gasteiger partial charge in [-0.25, -0.2) is 0 Å². The van der Waals surface area contributed by atoms with Gasteiger partial charge in [0.1, 0.15) is 11.8 Å². The first-order valence-corrected chi connectivity index (χ1v) is 8.70. The summed E-state index contributed by atoms with van der Waals surface area (Å²) in [4.78, 5) is 13.0. The molecule has 0 saturated carbocycles. The summed E-state index contributed by atoms with van der Waals surface area (Å²) >= 11 is 1.39. The highest BCUT2D eigenvalue weighted by molar-refractivity contribution is 7.13. The molecule has 0 spiro atoms. The molecule has 0 aliphatic heterocycles. The van der Waals surface area contributed by atoms with Crippen LogP contribution in [0.5, 0.6) is 5.75 Å². The summed E-state index contributed by atoms with van der Waals surface area (Å²) in [5, 5.41) is 21.6. The predicted octanol–water partition coefficient (Wildman–Crippen LogP) is 4.04. The Morgan fingerprint density at radius 1 is 1.12 bits per heavy atom. The van der Waals surface area contributed by atoms with Crippen LogP contribution in [0.1, 0.15) is 15.9 Å². The number of rotatable bonds is 3. The Bertz CT molecular complexity index is 1180. The summed E-state index contributed by atoms with van der Waals surface area (Å²) in [6, 6.07) is 18.1. The fourth-order valence-corrected chi connectivity index (χ4v) is 4.04. The molecule has 3 N–H and O–H groups in total. The number of para-hydroxylation sites is 1. The number of nitrogens with two attached hydrogens (primary N) is 1. The average molecular weight is 359 g/mol. The zero-order valence-corrected chi connectivity index (χ0v) is 14.3. The number of carbonyl (C=O) groups excluding carboxylic acids is 1. The number of thiophene rings is 1. The van der Waals surface area contributed by atoms with Crippen molar-refractivity contribution in [2.45, 2.75) is 0 Å². The van der Waals surface area contributed by atoms with Crippen LogP contribution in [0, 0.1) is 11.3 Å². The third-order valence-corrected chi connectivity index (χ3v) is 5.15. The van der Waals surface area contributed by atoms with Gasteiger partial charge in [0.25, 0.3) is 5.91 Å². The van der Waals surface area contributed by atoms with E-state index in [-0.39, 0.29) is 5.75 Å². The monoisotopic (exact) mass is 359 g/mol. The lowest BCUT2D eigenvalue weighted by atomic mass is 10.1. The molecule has 26 heavy (non-hydrogen) atoms. The summed E-state index contributed by atoms with van der Waals surface area (Å²) in [6.45, 7) is 0. The maximum absolute atomic E-state index is 12.3. The minimum atomic E-state index is -0.550. The number of fused-ring (bicyclic) bond motifs is 1. The molecular formula is C20H13N3O2S. The second-order valence-electron chi connectivity index (χ2n) is 5.73. The maximum atomic E-state index is 12.3. The Hall–Kier alpha value is -3.56. The highest BCUT2D eigenvalue weighted by Crippen LogP contribution is 2.40. The molecule has 0 aliphatic carbocycles. The van der Waals surface area contributed by atoms with Crippen molar-refractivity contribution in [2.24, 2.45) is 5.73 Å². The van der Waals surface area contributed by atoms with Crippen LogP contribution in [-0.2, 0) is 0 Å². The lowest BCUT2D eigenvalue weighted by molar-refractivity contribution is 0.100. The van der Waals surface area contributed by atoms with Gasteiger partial charge in [0.15, 0.2) is 0 Å². The second-order valence-corrected chi connectivity index (χ2v) is 6.65. The Morgan fingerprint density at radius 3 is 2.54 bits per heavy atom. The first-order valence-electron chi connectivity index (χ1n) is 7.82. The highest BCUT2D eigenvalue weighted by Gasteiger charge is 2.25. The number of hydrogen-bond donors (Lipinski definition) is 2. The zero-order valence-electron chi connectivity index (χ0n) is 13.5. The minimum Gasteiger partial charge on any atom is -0.508 e. The van der Waals surface area contributed by atoms with Crippen LogP contribution in [0.4, 0.5) is 0 Å². The summed E-state index contributed by atoms with van der Waals surface area (Å²) in [5.41, 5.74) is 8.75.